The highest BCUT2D eigenvalue weighted by Crippen LogP contribution is 2.59. The maximum atomic E-state index is 15.9. The maximum absolute atomic E-state index is 15.9. The lowest BCUT2D eigenvalue weighted by Crippen LogP contribution is -2.30. The molecular formula is C79H68F2N4O. The molecule has 0 amide bonds. The number of halogens is 2. The Hall–Kier alpha value is -9.59. The minimum atomic E-state index is -1.07. The summed E-state index contributed by atoms with van der Waals surface area (Å²) in [6, 6.07) is 79.5. The fourth-order valence-corrected chi connectivity index (χ4v) is 13.4. The van der Waals surface area contributed by atoms with Crippen LogP contribution in [0.15, 0.2) is 237 Å². The number of aromatic nitrogens is 2. The van der Waals surface area contributed by atoms with Crippen LogP contribution >= 0.6 is 0 Å². The average molecular weight is 1130 g/mol. The minimum Gasteiger partial charge on any atom is -0.457 e. The molecule has 2 aliphatic rings. The van der Waals surface area contributed by atoms with Gasteiger partial charge in [-0.2, -0.15) is 0 Å². The zero-order chi connectivity index (χ0) is 59.4. The molecule has 1 aliphatic carbocycles. The monoisotopic (exact) mass is 1130 g/mol. The summed E-state index contributed by atoms with van der Waals surface area (Å²) in [4.78, 5) is 9.86. The first-order valence-corrected chi connectivity index (χ1v) is 29.8. The van der Waals surface area contributed by atoms with E-state index >= 15 is 8.78 Å². The van der Waals surface area contributed by atoms with Crippen LogP contribution in [0, 0.1) is 11.6 Å². The molecule has 10 aromatic carbocycles. The van der Waals surface area contributed by atoms with Gasteiger partial charge in [0.25, 0.3) is 0 Å². The van der Waals surface area contributed by atoms with Gasteiger partial charge in [0.05, 0.1) is 33.5 Å². The van der Waals surface area contributed by atoms with Crippen molar-refractivity contribution in [3.05, 3.63) is 287 Å². The molecule has 0 radical (unpaired) electrons. The summed E-state index contributed by atoms with van der Waals surface area (Å²) < 4.78 is 41.5. The highest BCUT2D eigenvalue weighted by Gasteiger charge is 2.48. The van der Waals surface area contributed by atoms with Crippen LogP contribution in [0.25, 0.3) is 61.0 Å². The molecule has 0 bridgehead atoms. The second-order valence-electron chi connectivity index (χ2n) is 26.3. The number of nitrogens with zero attached hydrogens (tertiary/aromatic N) is 4. The largest absolute Gasteiger partial charge is 0.457 e. The van der Waals surface area contributed by atoms with Gasteiger partial charge in [-0.3, -0.25) is 4.57 Å². The molecular weight excluding hydrogens is 1060 g/mol. The van der Waals surface area contributed by atoms with Crippen molar-refractivity contribution in [1.82, 2.24) is 9.55 Å². The van der Waals surface area contributed by atoms with E-state index in [9.17, 15) is 0 Å². The van der Waals surface area contributed by atoms with Gasteiger partial charge in [0.2, 0.25) is 0 Å². The molecule has 0 unspecified atom stereocenters. The van der Waals surface area contributed by atoms with Gasteiger partial charge in [-0.05, 0) is 168 Å². The van der Waals surface area contributed by atoms with Gasteiger partial charge in [-0.25, -0.2) is 13.8 Å². The Balaban J connectivity index is 1.02. The molecule has 3 heterocycles. The van der Waals surface area contributed by atoms with Crippen molar-refractivity contribution in [3.8, 4) is 50.7 Å². The molecule has 1 aliphatic heterocycles. The molecule has 0 atom stereocenters. The standard InChI is InChI=1S/C79H68F2N4O/c1-76(2,3)52-28-30-53(31-29-52)79(68-36-32-57(80)45-66(68)67-46-58(81)33-37-69(67)79)56-40-59(47-61(41-56)86-60-34-35-63-62-24-16-17-25-70(62)85(73(63)48-60)74-44-54(38-39-82-74)77(4,5)6)83-49-84(72-27-19-18-26-71(72)83)75-64(50-20-12-10-13-21-50)42-55(78(7,8)9)43-65(75)51-22-14-11-15-23-51/h10-48H,49H2,1-9H3. The average Bonchev–Trinajstić information content (AvgIpc) is 1.54. The van der Waals surface area contributed by atoms with Crippen LogP contribution in [0.5, 0.6) is 11.5 Å². The highest BCUT2D eigenvalue weighted by molar-refractivity contribution is 6.09. The van der Waals surface area contributed by atoms with Crippen molar-refractivity contribution >= 4 is 44.6 Å². The zero-order valence-electron chi connectivity index (χ0n) is 50.2. The first-order valence-electron chi connectivity index (χ1n) is 29.8. The minimum absolute atomic E-state index is 0.0970. The quantitative estimate of drug-likeness (QED) is 0.144. The third-order valence-corrected chi connectivity index (χ3v) is 17.8. The van der Waals surface area contributed by atoms with Gasteiger partial charge in [-0.15, -0.1) is 0 Å². The van der Waals surface area contributed by atoms with E-state index < -0.39 is 17.0 Å². The molecule has 7 heteroatoms. The molecule has 12 aromatic rings. The molecule has 5 nitrogen and oxygen atoms in total. The number of ether oxygens (including phenoxy) is 1. The highest BCUT2D eigenvalue weighted by atomic mass is 19.1. The van der Waals surface area contributed by atoms with Crippen LogP contribution in [-0.2, 0) is 21.7 Å². The van der Waals surface area contributed by atoms with E-state index in [-0.39, 0.29) is 16.2 Å². The van der Waals surface area contributed by atoms with E-state index in [0.717, 1.165) is 94.9 Å². The van der Waals surface area contributed by atoms with Crippen molar-refractivity contribution in [2.75, 3.05) is 16.5 Å². The zero-order valence-corrected chi connectivity index (χ0v) is 50.2. The second kappa shape index (κ2) is 20.3. The Morgan fingerprint density at radius 1 is 0.419 bits per heavy atom. The van der Waals surface area contributed by atoms with Gasteiger partial charge in [0.1, 0.15) is 35.6 Å². The summed E-state index contributed by atoms with van der Waals surface area (Å²) >= 11 is 0. The molecule has 0 spiro atoms. The first kappa shape index (κ1) is 54.4. The smallest absolute Gasteiger partial charge is 0.137 e. The molecule has 0 saturated carbocycles. The van der Waals surface area contributed by atoms with Crippen LogP contribution in [0.3, 0.4) is 0 Å². The van der Waals surface area contributed by atoms with Crippen LogP contribution < -0.4 is 14.5 Å². The number of benzene rings is 10. The number of hydrogen-bond acceptors (Lipinski definition) is 4. The molecule has 2 aromatic heterocycles. The lowest BCUT2D eigenvalue weighted by molar-refractivity contribution is 0.482. The Kier molecular flexibility index (Phi) is 12.8. The van der Waals surface area contributed by atoms with Crippen LogP contribution in [-0.4, -0.2) is 16.2 Å². The predicted octanol–water partition coefficient (Wildman–Crippen LogP) is 21.1. The summed E-state index contributed by atoms with van der Waals surface area (Å²) in [7, 11) is 0. The van der Waals surface area contributed by atoms with Crippen molar-refractivity contribution < 1.29 is 13.5 Å². The van der Waals surface area contributed by atoms with Crippen LogP contribution in [0.2, 0.25) is 0 Å². The van der Waals surface area contributed by atoms with Gasteiger partial charge in [0.15, 0.2) is 0 Å². The fourth-order valence-electron chi connectivity index (χ4n) is 13.4. The van der Waals surface area contributed by atoms with Crippen LogP contribution in [0.4, 0.5) is 31.5 Å². The summed E-state index contributed by atoms with van der Waals surface area (Å²) in [6.45, 7) is 20.6. The topological polar surface area (TPSA) is 33.5 Å². The third-order valence-electron chi connectivity index (χ3n) is 17.8. The number of anilines is 4. The first-order chi connectivity index (χ1) is 41.3. The molecule has 14 rings (SSSR count). The molecule has 0 saturated heterocycles. The second-order valence-corrected chi connectivity index (χ2v) is 26.3. The fraction of sp³-hybridized carbons (Fsp3) is 0.177. The predicted molar refractivity (Wildman–Crippen MR) is 351 cm³/mol. The van der Waals surface area contributed by atoms with Gasteiger partial charge >= 0.3 is 0 Å². The Labute approximate surface area is 503 Å². The van der Waals surface area contributed by atoms with E-state index in [0.29, 0.717) is 29.3 Å². The van der Waals surface area contributed by atoms with Crippen LogP contribution in [0.1, 0.15) is 101 Å². The van der Waals surface area contributed by atoms with Gasteiger partial charge in [0, 0.05) is 45.9 Å². The maximum Gasteiger partial charge on any atom is 0.137 e. The molecule has 0 N–H and O–H groups in total. The van der Waals surface area contributed by atoms with Crippen molar-refractivity contribution in [1.29, 1.82) is 0 Å². The van der Waals surface area contributed by atoms with Crippen molar-refractivity contribution in [2.45, 2.75) is 84.0 Å². The summed E-state index contributed by atoms with van der Waals surface area (Å²) in [5, 5.41) is 2.19. The normalized spacial score (nSPS) is 13.8. The lowest BCUT2D eigenvalue weighted by Gasteiger charge is -2.35. The molecule has 0 fully saturated rings. The Bertz CT molecular complexity index is 4510. The molecule has 86 heavy (non-hydrogen) atoms. The number of para-hydroxylation sites is 3. The van der Waals surface area contributed by atoms with E-state index in [1.165, 1.54) is 28.8 Å². The Morgan fingerprint density at radius 3 is 1.58 bits per heavy atom. The number of fused-ring (bicyclic) bond motifs is 7. The SMILES string of the molecule is CC(C)(C)c1ccc(C2(c3cc(Oc4ccc5c6ccccc6n(-c6cc(C(C)(C)C)ccn6)c5c4)cc(N4CN(c5c(-c6ccccc6)cc(C(C)(C)C)cc5-c5ccccc5)c5ccccc54)c3)c3ccc(F)cc3-c3cc(F)ccc32)cc1. The number of pyridine rings is 1. The summed E-state index contributed by atoms with van der Waals surface area (Å²) in [5.74, 6) is 1.28. The van der Waals surface area contributed by atoms with E-state index in [1.54, 1.807) is 12.1 Å². The van der Waals surface area contributed by atoms with Gasteiger partial charge in [-0.1, -0.05) is 190 Å². The lowest BCUT2D eigenvalue weighted by atomic mass is 9.67. The van der Waals surface area contributed by atoms with E-state index in [1.807, 2.05) is 18.3 Å². The van der Waals surface area contributed by atoms with Crippen molar-refractivity contribution in [2.24, 2.45) is 0 Å². The van der Waals surface area contributed by atoms with E-state index in [4.69, 9.17) is 9.72 Å². The van der Waals surface area contributed by atoms with Gasteiger partial charge < -0.3 is 14.5 Å². The number of hydrogen-bond donors (Lipinski definition) is 0. The van der Waals surface area contributed by atoms with Crippen molar-refractivity contribution in [3.63, 3.8) is 0 Å². The Morgan fingerprint density at radius 2 is 0.977 bits per heavy atom. The van der Waals surface area contributed by atoms with E-state index in [2.05, 4.69) is 271 Å². The summed E-state index contributed by atoms with van der Waals surface area (Å²) in [5.41, 5.74) is 17.6. The molecule has 424 valence electrons. The third kappa shape index (κ3) is 9.14. The number of rotatable bonds is 9. The summed E-state index contributed by atoms with van der Waals surface area (Å²) in [6.07, 6.45) is 1.90.